The van der Waals surface area contributed by atoms with E-state index < -0.39 is 11.6 Å². The van der Waals surface area contributed by atoms with E-state index >= 15 is 0 Å². The number of hydrogen-bond donors (Lipinski definition) is 1. The maximum Gasteiger partial charge on any atom is 0.163 e. The molecule has 0 aliphatic heterocycles. The number of benzene rings is 1. The highest BCUT2D eigenvalue weighted by molar-refractivity contribution is 5.23. The largest absolute Gasteiger partial charge is 0.310 e. The maximum absolute atomic E-state index is 13.8. The van der Waals surface area contributed by atoms with Crippen LogP contribution in [0, 0.1) is 23.5 Å². The minimum atomic E-state index is -0.756. The van der Waals surface area contributed by atoms with Gasteiger partial charge in [0.25, 0.3) is 0 Å². The SMILES string of the molecule is CCNC(c1cccc(F)c1F)C(C)C1CC1. The fraction of sp³-hybridized carbons (Fsp3) is 0.571. The molecule has 1 aromatic rings. The molecule has 3 heteroatoms. The molecule has 0 bridgehead atoms. The molecule has 0 heterocycles. The topological polar surface area (TPSA) is 12.0 Å². The van der Waals surface area contributed by atoms with Crippen molar-refractivity contribution >= 4 is 0 Å². The molecule has 2 rings (SSSR count). The molecule has 1 N–H and O–H groups in total. The van der Waals surface area contributed by atoms with Crippen molar-refractivity contribution < 1.29 is 8.78 Å². The van der Waals surface area contributed by atoms with Gasteiger partial charge in [0.1, 0.15) is 0 Å². The molecule has 0 amide bonds. The third-order valence-corrected chi connectivity index (χ3v) is 3.63. The maximum atomic E-state index is 13.8. The lowest BCUT2D eigenvalue weighted by Gasteiger charge is -2.25. The fourth-order valence-electron chi connectivity index (χ4n) is 2.45. The van der Waals surface area contributed by atoms with Crippen molar-refractivity contribution in [3.8, 4) is 0 Å². The quantitative estimate of drug-likeness (QED) is 0.826. The van der Waals surface area contributed by atoms with Crippen molar-refractivity contribution in [3.63, 3.8) is 0 Å². The first kappa shape index (κ1) is 12.5. The number of halogens is 2. The molecule has 1 aliphatic rings. The van der Waals surface area contributed by atoms with E-state index in [-0.39, 0.29) is 6.04 Å². The summed E-state index contributed by atoms with van der Waals surface area (Å²) in [6, 6.07) is 4.36. The summed E-state index contributed by atoms with van der Waals surface area (Å²) in [7, 11) is 0. The molecular formula is C14H19F2N. The first-order chi connectivity index (χ1) is 8.15. The molecule has 1 saturated carbocycles. The van der Waals surface area contributed by atoms with Gasteiger partial charge in [-0.1, -0.05) is 26.0 Å². The minimum absolute atomic E-state index is 0.0804. The lowest BCUT2D eigenvalue weighted by atomic mass is 9.90. The summed E-state index contributed by atoms with van der Waals surface area (Å²) in [4.78, 5) is 0. The molecule has 1 aromatic carbocycles. The van der Waals surface area contributed by atoms with Gasteiger partial charge in [-0.15, -0.1) is 0 Å². The summed E-state index contributed by atoms with van der Waals surface area (Å²) in [6.07, 6.45) is 2.42. The Bertz CT molecular complexity index is 388. The Morgan fingerprint density at radius 2 is 2.06 bits per heavy atom. The van der Waals surface area contributed by atoms with Gasteiger partial charge in [-0.3, -0.25) is 0 Å². The van der Waals surface area contributed by atoms with Gasteiger partial charge >= 0.3 is 0 Å². The number of rotatable bonds is 5. The van der Waals surface area contributed by atoms with Crippen LogP contribution in [0.25, 0.3) is 0 Å². The lowest BCUT2D eigenvalue weighted by molar-refractivity contribution is 0.340. The van der Waals surface area contributed by atoms with Crippen LogP contribution < -0.4 is 5.32 Å². The van der Waals surface area contributed by atoms with E-state index in [2.05, 4.69) is 12.2 Å². The Balaban J connectivity index is 2.27. The van der Waals surface area contributed by atoms with Crippen LogP contribution in [-0.2, 0) is 0 Å². The van der Waals surface area contributed by atoms with Crippen LogP contribution in [0.1, 0.15) is 38.3 Å². The Kier molecular flexibility index (Phi) is 3.77. The molecule has 1 nitrogen and oxygen atoms in total. The second kappa shape index (κ2) is 5.13. The zero-order valence-corrected chi connectivity index (χ0v) is 10.3. The zero-order valence-electron chi connectivity index (χ0n) is 10.3. The van der Waals surface area contributed by atoms with Crippen LogP contribution in [-0.4, -0.2) is 6.54 Å². The average molecular weight is 239 g/mol. The highest BCUT2D eigenvalue weighted by Gasteiger charge is 2.34. The molecule has 2 atom stereocenters. The number of nitrogens with one attached hydrogen (secondary N) is 1. The van der Waals surface area contributed by atoms with Gasteiger partial charge in [0.05, 0.1) is 0 Å². The van der Waals surface area contributed by atoms with Crippen LogP contribution >= 0.6 is 0 Å². The summed E-state index contributed by atoms with van der Waals surface area (Å²) in [5, 5.41) is 3.28. The smallest absolute Gasteiger partial charge is 0.163 e. The number of hydrogen-bond acceptors (Lipinski definition) is 1. The summed E-state index contributed by atoms with van der Waals surface area (Å²) >= 11 is 0. The molecule has 1 aliphatic carbocycles. The third kappa shape index (κ3) is 2.65. The standard InChI is InChI=1S/C14H19F2N/c1-3-17-14(9(2)10-7-8-10)11-5-4-6-12(15)13(11)16/h4-6,9-10,14,17H,3,7-8H2,1-2H3. The van der Waals surface area contributed by atoms with Crippen LogP contribution in [0.3, 0.4) is 0 Å². The van der Waals surface area contributed by atoms with Crippen molar-refractivity contribution in [2.24, 2.45) is 11.8 Å². The summed E-state index contributed by atoms with van der Waals surface area (Å²) in [5.41, 5.74) is 0.464. The van der Waals surface area contributed by atoms with Gasteiger partial charge in [0.15, 0.2) is 11.6 Å². The summed E-state index contributed by atoms with van der Waals surface area (Å²) in [6.45, 7) is 4.87. The second-order valence-corrected chi connectivity index (χ2v) is 4.87. The first-order valence-corrected chi connectivity index (χ1v) is 6.32. The fourth-order valence-corrected chi connectivity index (χ4v) is 2.45. The van der Waals surface area contributed by atoms with Crippen molar-refractivity contribution in [1.82, 2.24) is 5.32 Å². The Morgan fingerprint density at radius 1 is 1.35 bits per heavy atom. The van der Waals surface area contributed by atoms with Gasteiger partial charge in [0.2, 0.25) is 0 Å². The van der Waals surface area contributed by atoms with Crippen LogP contribution in [0.2, 0.25) is 0 Å². The van der Waals surface area contributed by atoms with Gasteiger partial charge < -0.3 is 5.32 Å². The van der Waals surface area contributed by atoms with E-state index in [0.717, 1.165) is 6.54 Å². The van der Waals surface area contributed by atoms with Gasteiger partial charge in [-0.05, 0) is 37.3 Å². The van der Waals surface area contributed by atoms with Gasteiger partial charge in [0, 0.05) is 11.6 Å². The van der Waals surface area contributed by atoms with Crippen molar-refractivity contribution in [3.05, 3.63) is 35.4 Å². The molecule has 1 fully saturated rings. The van der Waals surface area contributed by atoms with Crippen LogP contribution in [0.15, 0.2) is 18.2 Å². The zero-order chi connectivity index (χ0) is 12.4. The normalized spacial score (nSPS) is 19.1. The van der Waals surface area contributed by atoms with E-state index in [1.807, 2.05) is 6.92 Å². The van der Waals surface area contributed by atoms with E-state index in [1.54, 1.807) is 12.1 Å². The average Bonchev–Trinajstić information content (AvgIpc) is 3.13. The first-order valence-electron chi connectivity index (χ1n) is 6.32. The Labute approximate surface area is 101 Å². The van der Waals surface area contributed by atoms with E-state index in [9.17, 15) is 8.78 Å². The molecule has 0 saturated heterocycles. The highest BCUT2D eigenvalue weighted by Crippen LogP contribution is 2.43. The Hall–Kier alpha value is -0.960. The lowest BCUT2D eigenvalue weighted by Crippen LogP contribution is -2.29. The van der Waals surface area contributed by atoms with Crippen LogP contribution in [0.5, 0.6) is 0 Å². The predicted octanol–water partition coefficient (Wildman–Crippen LogP) is 3.66. The monoisotopic (exact) mass is 239 g/mol. The van der Waals surface area contributed by atoms with Crippen LogP contribution in [0.4, 0.5) is 8.78 Å². The van der Waals surface area contributed by atoms with Crippen molar-refractivity contribution in [1.29, 1.82) is 0 Å². The van der Waals surface area contributed by atoms with E-state index in [1.165, 1.54) is 18.9 Å². The molecular weight excluding hydrogens is 220 g/mol. The minimum Gasteiger partial charge on any atom is -0.310 e. The highest BCUT2D eigenvalue weighted by atomic mass is 19.2. The Morgan fingerprint density at radius 3 is 2.65 bits per heavy atom. The van der Waals surface area contributed by atoms with E-state index in [4.69, 9.17) is 0 Å². The molecule has 17 heavy (non-hydrogen) atoms. The second-order valence-electron chi connectivity index (χ2n) is 4.87. The predicted molar refractivity (Wildman–Crippen MR) is 64.7 cm³/mol. The summed E-state index contributed by atoms with van der Waals surface area (Å²) in [5.74, 6) is -0.452. The summed E-state index contributed by atoms with van der Waals surface area (Å²) < 4.78 is 27.1. The third-order valence-electron chi connectivity index (χ3n) is 3.63. The molecule has 94 valence electrons. The van der Waals surface area contributed by atoms with E-state index in [0.29, 0.717) is 17.4 Å². The van der Waals surface area contributed by atoms with Gasteiger partial charge in [-0.25, -0.2) is 8.78 Å². The molecule has 0 radical (unpaired) electrons. The van der Waals surface area contributed by atoms with Crippen molar-refractivity contribution in [2.75, 3.05) is 6.54 Å². The molecule has 0 spiro atoms. The molecule has 0 aromatic heterocycles. The van der Waals surface area contributed by atoms with Gasteiger partial charge in [-0.2, -0.15) is 0 Å². The van der Waals surface area contributed by atoms with Crippen molar-refractivity contribution in [2.45, 2.75) is 32.7 Å². The molecule has 2 unspecified atom stereocenters.